The molecule has 0 aliphatic rings. The smallest absolute Gasteiger partial charge is 0.260 e. The molecule has 2 rings (SSSR count). The molecule has 0 aliphatic carbocycles. The lowest BCUT2D eigenvalue weighted by Crippen LogP contribution is -2.30. The van der Waals surface area contributed by atoms with Crippen molar-refractivity contribution in [2.75, 3.05) is 26.3 Å². The fourth-order valence-electron chi connectivity index (χ4n) is 2.24. The van der Waals surface area contributed by atoms with Crippen molar-refractivity contribution in [1.82, 2.24) is 10.6 Å². The minimum atomic E-state index is -0.228. The maximum Gasteiger partial charge on any atom is 0.260 e. The van der Waals surface area contributed by atoms with E-state index >= 15 is 0 Å². The largest absolute Gasteiger partial charge is 0.385 e. The third-order valence-electron chi connectivity index (χ3n) is 3.80. The molecule has 30 heavy (non-hydrogen) atoms. The zero-order valence-electron chi connectivity index (χ0n) is 17.1. The third kappa shape index (κ3) is 9.19. The van der Waals surface area contributed by atoms with Crippen LogP contribution in [0.5, 0.6) is 0 Å². The number of rotatable bonds is 13. The van der Waals surface area contributed by atoms with Crippen LogP contribution < -0.4 is 10.6 Å². The van der Waals surface area contributed by atoms with Crippen LogP contribution in [0.25, 0.3) is 0 Å². The predicted octanol–water partition coefficient (Wildman–Crippen LogP) is 3.00. The topological polar surface area (TPSA) is 101 Å². The third-order valence-corrected chi connectivity index (χ3v) is 5.75. The van der Waals surface area contributed by atoms with Gasteiger partial charge in [-0.1, -0.05) is 22.4 Å². The quantitative estimate of drug-likeness (QED) is 0.278. The van der Waals surface area contributed by atoms with E-state index in [-0.39, 0.29) is 25.0 Å². The molecule has 0 bridgehead atoms. The molecule has 10 heteroatoms. The first kappa shape index (κ1) is 23.6. The van der Waals surface area contributed by atoms with Crippen LogP contribution in [0.15, 0.2) is 45.3 Å². The van der Waals surface area contributed by atoms with Crippen molar-refractivity contribution in [2.45, 2.75) is 26.7 Å². The summed E-state index contributed by atoms with van der Waals surface area (Å²) in [5.74, 6) is -0.455. The molecule has 0 aliphatic heterocycles. The summed E-state index contributed by atoms with van der Waals surface area (Å²) in [6.07, 6.45) is 1.47. The Labute approximate surface area is 183 Å². The fraction of sp³-hybridized carbons (Fsp3) is 0.400. The van der Waals surface area contributed by atoms with Crippen molar-refractivity contribution < 1.29 is 19.3 Å². The molecule has 0 saturated heterocycles. The summed E-state index contributed by atoms with van der Waals surface area (Å²) in [7, 11) is 0. The Morgan fingerprint density at radius 1 is 0.833 bits per heavy atom. The molecule has 2 aromatic heterocycles. The fourth-order valence-corrected chi connectivity index (χ4v) is 3.58. The van der Waals surface area contributed by atoms with Crippen molar-refractivity contribution in [1.29, 1.82) is 0 Å². The molecular weight excluding hydrogens is 424 g/mol. The molecule has 8 nitrogen and oxygen atoms in total. The number of carbonyl (C=O) groups is 2. The molecule has 0 saturated carbocycles. The molecule has 2 aromatic rings. The van der Waals surface area contributed by atoms with E-state index in [1.54, 1.807) is 22.7 Å². The van der Waals surface area contributed by atoms with Crippen LogP contribution in [0.1, 0.15) is 36.4 Å². The number of nitrogens with zero attached hydrogens (tertiary/aromatic N) is 2. The molecule has 0 atom stereocenters. The van der Waals surface area contributed by atoms with E-state index in [4.69, 9.17) is 9.68 Å². The Balaban J connectivity index is 1.46. The zero-order valence-corrected chi connectivity index (χ0v) is 18.7. The van der Waals surface area contributed by atoms with Crippen LogP contribution in [0.3, 0.4) is 0 Å². The number of hydrogen-bond acceptors (Lipinski definition) is 8. The molecule has 0 aromatic carbocycles. The molecule has 0 radical (unpaired) electrons. The summed E-state index contributed by atoms with van der Waals surface area (Å²) < 4.78 is 0. The van der Waals surface area contributed by atoms with Crippen LogP contribution in [-0.2, 0) is 19.3 Å². The van der Waals surface area contributed by atoms with Gasteiger partial charge in [0.1, 0.15) is 0 Å². The number of amides is 2. The highest BCUT2D eigenvalue weighted by Crippen LogP contribution is 2.10. The molecule has 2 amide bonds. The van der Waals surface area contributed by atoms with Crippen LogP contribution in [-0.4, -0.2) is 49.5 Å². The summed E-state index contributed by atoms with van der Waals surface area (Å²) in [6.45, 7) is 4.43. The minimum Gasteiger partial charge on any atom is -0.385 e. The van der Waals surface area contributed by atoms with Crippen molar-refractivity contribution in [3.05, 3.63) is 44.8 Å². The van der Waals surface area contributed by atoms with E-state index in [1.807, 2.05) is 48.9 Å². The summed E-state index contributed by atoms with van der Waals surface area (Å²) >= 11 is 3.13. The van der Waals surface area contributed by atoms with Crippen LogP contribution in [0, 0.1) is 0 Å². The van der Waals surface area contributed by atoms with Gasteiger partial charge in [0.25, 0.3) is 11.8 Å². The first-order chi connectivity index (χ1) is 14.6. The van der Waals surface area contributed by atoms with Gasteiger partial charge in [0, 0.05) is 13.1 Å². The Hall–Kier alpha value is -2.72. The van der Waals surface area contributed by atoms with Gasteiger partial charge in [-0.15, -0.1) is 22.7 Å². The second-order valence-electron chi connectivity index (χ2n) is 6.26. The molecule has 162 valence electrons. The molecular formula is C20H26N4O4S2. The van der Waals surface area contributed by atoms with Gasteiger partial charge in [0.15, 0.2) is 13.2 Å². The minimum absolute atomic E-state index is 0.123. The molecule has 2 heterocycles. The van der Waals surface area contributed by atoms with E-state index in [0.717, 1.165) is 34.0 Å². The highest BCUT2D eigenvalue weighted by Gasteiger charge is 2.04. The first-order valence-corrected chi connectivity index (χ1v) is 11.3. The normalized spacial score (nSPS) is 11.8. The SMILES string of the molecule is C/C(=N/OCC(=O)NCCCCNC(=O)CO/N=C(/C)c1cccs1)c1cccs1. The summed E-state index contributed by atoms with van der Waals surface area (Å²) in [5, 5.41) is 17.3. The number of carbonyl (C=O) groups excluding carboxylic acids is 2. The number of hydrogen-bond donors (Lipinski definition) is 2. The maximum absolute atomic E-state index is 11.7. The van der Waals surface area contributed by atoms with Crippen molar-refractivity contribution in [3.8, 4) is 0 Å². The van der Waals surface area contributed by atoms with Crippen LogP contribution in [0.2, 0.25) is 0 Å². The molecule has 0 unspecified atom stereocenters. The van der Waals surface area contributed by atoms with E-state index in [1.165, 1.54) is 0 Å². The Morgan fingerprint density at radius 3 is 1.63 bits per heavy atom. The van der Waals surface area contributed by atoms with Gasteiger partial charge in [-0.3, -0.25) is 9.59 Å². The first-order valence-electron chi connectivity index (χ1n) is 9.50. The average Bonchev–Trinajstić information content (AvgIpc) is 3.44. The van der Waals surface area contributed by atoms with Gasteiger partial charge in [0.05, 0.1) is 21.2 Å². The lowest BCUT2D eigenvalue weighted by molar-refractivity contribution is -0.126. The monoisotopic (exact) mass is 450 g/mol. The predicted molar refractivity (Wildman–Crippen MR) is 120 cm³/mol. The summed E-state index contributed by atoms with van der Waals surface area (Å²) in [5.41, 5.74) is 1.48. The highest BCUT2D eigenvalue weighted by molar-refractivity contribution is 7.12. The van der Waals surface area contributed by atoms with Crippen molar-refractivity contribution in [2.24, 2.45) is 10.3 Å². The van der Waals surface area contributed by atoms with Gasteiger partial charge in [-0.05, 0) is 49.6 Å². The second-order valence-corrected chi connectivity index (χ2v) is 8.16. The standard InChI is InChI=1S/C20H26N4O4S2/c1-15(17-7-5-11-29-17)23-27-13-19(25)21-9-3-4-10-22-20(26)14-28-24-16(2)18-8-6-12-30-18/h5-8,11-12H,3-4,9-10,13-14H2,1-2H3,(H,21,25)(H,22,26)/b23-15-,24-16-. The second kappa shape index (κ2) is 13.5. The summed E-state index contributed by atoms with van der Waals surface area (Å²) in [4.78, 5) is 35.6. The highest BCUT2D eigenvalue weighted by atomic mass is 32.1. The molecule has 0 fully saturated rings. The van der Waals surface area contributed by atoms with Gasteiger partial charge >= 0.3 is 0 Å². The molecule has 0 spiro atoms. The van der Waals surface area contributed by atoms with E-state index in [0.29, 0.717) is 13.1 Å². The van der Waals surface area contributed by atoms with Gasteiger partial charge in [-0.25, -0.2) is 0 Å². The lowest BCUT2D eigenvalue weighted by Gasteiger charge is -2.06. The van der Waals surface area contributed by atoms with E-state index < -0.39 is 0 Å². The average molecular weight is 451 g/mol. The van der Waals surface area contributed by atoms with Crippen molar-refractivity contribution in [3.63, 3.8) is 0 Å². The van der Waals surface area contributed by atoms with Gasteiger partial charge < -0.3 is 20.3 Å². The number of nitrogens with one attached hydrogen (secondary N) is 2. The number of thiophene rings is 2. The van der Waals surface area contributed by atoms with Gasteiger partial charge in [-0.2, -0.15) is 0 Å². The van der Waals surface area contributed by atoms with E-state index in [2.05, 4.69) is 20.9 Å². The van der Waals surface area contributed by atoms with Crippen LogP contribution in [0.4, 0.5) is 0 Å². The Kier molecular flexibility index (Phi) is 10.6. The Morgan fingerprint density at radius 2 is 1.27 bits per heavy atom. The van der Waals surface area contributed by atoms with Gasteiger partial charge in [0.2, 0.25) is 0 Å². The maximum atomic E-state index is 11.7. The summed E-state index contributed by atoms with van der Waals surface area (Å²) in [6, 6.07) is 7.75. The number of unbranched alkanes of at least 4 members (excludes halogenated alkanes) is 1. The molecule has 2 N–H and O–H groups in total. The Bertz CT molecular complexity index is 763. The van der Waals surface area contributed by atoms with Crippen molar-refractivity contribution >= 4 is 45.9 Å². The van der Waals surface area contributed by atoms with Crippen LogP contribution >= 0.6 is 22.7 Å². The zero-order chi connectivity index (χ0) is 21.6. The lowest BCUT2D eigenvalue weighted by atomic mass is 10.3. The van der Waals surface area contributed by atoms with E-state index in [9.17, 15) is 9.59 Å². The number of oxime groups is 2.